The highest BCUT2D eigenvalue weighted by Crippen LogP contribution is 2.68. The van der Waals surface area contributed by atoms with Gasteiger partial charge in [0.05, 0.1) is 82.9 Å². The number of thioether (sulfide) groups is 1. The van der Waals surface area contributed by atoms with Crippen LogP contribution in [0.4, 0.5) is 5.69 Å². The molecule has 9 N–H and O–H groups in total. The number of imide groups is 1. The van der Waals surface area contributed by atoms with E-state index in [9.17, 15) is 63.9 Å². The smallest absolute Gasteiger partial charge is 0.328 e. The summed E-state index contributed by atoms with van der Waals surface area (Å²) in [7, 11) is 9.23. The second kappa shape index (κ2) is 44.1. The molecule has 34 heteroatoms. The lowest BCUT2D eigenvalue weighted by Gasteiger charge is -2.63. The summed E-state index contributed by atoms with van der Waals surface area (Å²) in [5, 5.41) is 67.5. The summed E-state index contributed by atoms with van der Waals surface area (Å²) in [4.78, 5) is 136. The number of carbonyl (C=O) groups is 10. The highest BCUT2D eigenvalue weighted by molar-refractivity contribution is 8.00. The van der Waals surface area contributed by atoms with Gasteiger partial charge in [-0.1, -0.05) is 64.1 Å². The summed E-state index contributed by atoms with van der Waals surface area (Å²) >= 11 is 1.31. The Kier molecular flexibility index (Phi) is 35.3. The van der Waals surface area contributed by atoms with E-state index in [0.717, 1.165) is 27.8 Å². The summed E-state index contributed by atoms with van der Waals surface area (Å²) in [5.74, 6) is -3.53. The number of anilines is 1. The van der Waals surface area contributed by atoms with Gasteiger partial charge < -0.3 is 99.1 Å². The number of nitrogens with one attached hydrogen (secondary N) is 4. The van der Waals surface area contributed by atoms with Gasteiger partial charge in [0.25, 0.3) is 5.91 Å². The van der Waals surface area contributed by atoms with Crippen molar-refractivity contribution in [1.29, 1.82) is 0 Å². The number of hydrogen-bond acceptors (Lipinski definition) is 29. The van der Waals surface area contributed by atoms with Crippen LogP contribution in [0.1, 0.15) is 166 Å². The fraction of sp³-hybridized carbons (Fsp3) is 0.698. The number of rotatable bonds is 44. The van der Waals surface area contributed by atoms with Gasteiger partial charge in [-0.25, -0.2) is 4.79 Å². The normalized spacial score (nSPS) is 26.9. The van der Waals surface area contributed by atoms with E-state index in [0.29, 0.717) is 126 Å². The Labute approximate surface area is 707 Å². The molecule has 120 heavy (non-hydrogen) atoms. The lowest BCUT2D eigenvalue weighted by Crippen LogP contribution is -2.81. The van der Waals surface area contributed by atoms with E-state index in [1.165, 1.54) is 52.0 Å². The van der Waals surface area contributed by atoms with Crippen LogP contribution in [0.5, 0.6) is 5.75 Å². The number of fused-ring (bicyclic) bond motifs is 5. The summed E-state index contributed by atoms with van der Waals surface area (Å²) in [5.41, 5.74) is -0.330. The summed E-state index contributed by atoms with van der Waals surface area (Å²) in [6.45, 7) is 12.4. The molecular weight excluding hydrogens is 1580 g/mol. The quantitative estimate of drug-likeness (QED) is 0.0115. The van der Waals surface area contributed by atoms with Crippen molar-refractivity contribution in [3.05, 3.63) is 76.4 Å². The predicted molar refractivity (Wildman–Crippen MR) is 441 cm³/mol. The van der Waals surface area contributed by atoms with E-state index < -0.39 is 111 Å². The number of likely N-dealkylation sites (N-methyl/N-ethyl adjacent to an activating group) is 1. The number of ether oxygens (including phenoxy) is 10. The number of benzene rings is 2. The minimum absolute atomic E-state index is 0.0258. The molecule has 0 radical (unpaired) electrons. The average Bonchev–Trinajstić information content (AvgIpc) is 1.47. The van der Waals surface area contributed by atoms with Crippen LogP contribution in [0.15, 0.2) is 54.1 Å². The third-order valence-corrected chi connectivity index (χ3v) is 26.4. The zero-order chi connectivity index (χ0) is 87.3. The average molecular weight is 1710 g/mol. The molecule has 2 aromatic rings. The molecule has 1 spiro atoms. The number of esters is 4. The zero-order valence-corrected chi connectivity index (χ0v) is 72.3. The Morgan fingerprint density at radius 3 is 2.04 bits per heavy atom. The Morgan fingerprint density at radius 1 is 0.742 bits per heavy atom. The topological polar surface area (TPSA) is 425 Å². The van der Waals surface area contributed by atoms with Crippen LogP contribution in [0, 0.1) is 11.3 Å². The van der Waals surface area contributed by atoms with Crippen LogP contribution in [-0.4, -0.2) is 312 Å². The van der Waals surface area contributed by atoms with Crippen molar-refractivity contribution >= 4 is 82.3 Å². The van der Waals surface area contributed by atoms with Gasteiger partial charge in [-0.2, -0.15) is 0 Å². The SMILES string of the molecule is CCC(CO)OC(COC(=O)CCCC(=O)NCCSC1CC(=O)N(CCOCCC(=O)NC)C1=O)OC.CCC(CO)OC(COC(=O)CCCC(=O)N[C@H](C)C(=O)OCCCNC(=O)[C@]1(O)C2N(C)c3cc(OC)c([C@@]4(C(=O)OC)CC5CN(CCC6=C4Cc4ccccc46)CC(O)(CC)C5)cc3C23CCN2CC=C[C@](CC)(C23)[C@H]1O)OC. The number of likely N-dealkylation sites (tertiary alicyclic amines) is 1. The third-order valence-electron chi connectivity index (χ3n) is 25.2. The van der Waals surface area contributed by atoms with Gasteiger partial charge in [0.2, 0.25) is 29.5 Å². The van der Waals surface area contributed by atoms with Crippen molar-refractivity contribution in [1.82, 2.24) is 36.0 Å². The van der Waals surface area contributed by atoms with E-state index >= 15 is 9.59 Å². The maximum absolute atomic E-state index is 15.6. The summed E-state index contributed by atoms with van der Waals surface area (Å²) in [6.07, 6.45) is 5.59. The molecule has 6 heterocycles. The molecule has 6 aliphatic heterocycles. The number of piperidine rings is 1. The minimum atomic E-state index is -2.41. The molecule has 4 fully saturated rings. The van der Waals surface area contributed by atoms with E-state index in [4.69, 9.17) is 47.4 Å². The van der Waals surface area contributed by atoms with Crippen LogP contribution in [-0.2, 0) is 108 Å². The Balaban J connectivity index is 0.000000362. The molecule has 2 aliphatic carbocycles. The molecule has 3 saturated heterocycles. The highest BCUT2D eigenvalue weighted by atomic mass is 32.2. The second-order valence-corrected chi connectivity index (χ2v) is 33.7. The molecule has 668 valence electrons. The monoisotopic (exact) mass is 1700 g/mol. The summed E-state index contributed by atoms with van der Waals surface area (Å²) in [6, 6.07) is 10.0. The number of carbonyl (C=O) groups excluding carboxylic acids is 10. The molecule has 2 bridgehead atoms. The van der Waals surface area contributed by atoms with Crippen molar-refractivity contribution < 1.29 is 121 Å². The highest BCUT2D eigenvalue weighted by Gasteiger charge is 2.79. The second-order valence-electron chi connectivity index (χ2n) is 32.4. The number of aliphatic hydroxyl groups excluding tert-OH is 3. The fourth-order valence-electron chi connectivity index (χ4n) is 19.1. The largest absolute Gasteiger partial charge is 0.496 e. The van der Waals surface area contributed by atoms with E-state index in [2.05, 4.69) is 49.3 Å². The maximum Gasteiger partial charge on any atom is 0.328 e. The maximum atomic E-state index is 15.6. The molecular formula is C86H128N8O25S. The molecule has 1 saturated carbocycles. The van der Waals surface area contributed by atoms with Gasteiger partial charge in [0.1, 0.15) is 36.5 Å². The molecule has 2 aromatic carbocycles. The van der Waals surface area contributed by atoms with Gasteiger partial charge in [0.15, 0.2) is 18.2 Å². The van der Waals surface area contributed by atoms with E-state index in [-0.39, 0.29) is 146 Å². The van der Waals surface area contributed by atoms with Gasteiger partial charge >= 0.3 is 23.9 Å². The molecule has 11 unspecified atom stereocenters. The van der Waals surface area contributed by atoms with Crippen molar-refractivity contribution in [3.8, 4) is 5.75 Å². The Bertz CT molecular complexity index is 3960. The summed E-state index contributed by atoms with van der Waals surface area (Å²) < 4.78 is 54.9. The first-order chi connectivity index (χ1) is 57.5. The first kappa shape index (κ1) is 96.1. The van der Waals surface area contributed by atoms with Gasteiger partial charge in [-0.05, 0) is 130 Å². The zero-order valence-electron chi connectivity index (χ0n) is 71.5. The molecule has 0 aromatic heterocycles. The number of hydrogen-bond donors (Lipinski definition) is 9. The number of amides is 6. The Hall–Kier alpha value is -7.71. The van der Waals surface area contributed by atoms with Gasteiger partial charge in [0, 0.05) is 146 Å². The first-order valence-electron chi connectivity index (χ1n) is 42.3. The van der Waals surface area contributed by atoms with Crippen molar-refractivity contribution in [2.75, 3.05) is 152 Å². The van der Waals surface area contributed by atoms with Gasteiger partial charge in [-0.15, -0.1) is 11.8 Å². The van der Waals surface area contributed by atoms with E-state index in [1.807, 2.05) is 70.0 Å². The first-order valence-corrected chi connectivity index (χ1v) is 43.4. The fourth-order valence-corrected chi connectivity index (χ4v) is 20.1. The number of methoxy groups -OCH3 is 4. The van der Waals surface area contributed by atoms with Crippen LogP contribution in [0.25, 0.3) is 5.57 Å². The van der Waals surface area contributed by atoms with Crippen LogP contribution in [0.2, 0.25) is 0 Å². The standard InChI is InChI=1S/C62H87N5O15.C24H41N3O10S/c1-9-41(35-68)82-51(78-7)36-81-50(70)20-14-19-49(69)64-38(4)52(71)80-28-16-24-63-56(73)62(76)54-60(23-27-67-25-15-22-59(11-3,53(60)67)55(62)72)45-30-46(48(77-6)31-47(45)65(54)5)61(57(74)79-8)33-39-32-58(75,10-2)37-66(34-39)26-21-43-42-18-13-12-17-40(42)29-44(43)61;1-4-17(15-28)37-23(34-3)16-36-22(32)7-5-6-20(30)26-9-13-38-18-14-21(31)27(24(18)33)10-12-35-11-8-19(29)25-2/h12-13,15,17-18,22,30-31,38-39,41,51,53-55,68,72,75-76H,9-11,14,16,19-21,23-29,32-37H2,1-8H3,(H,63,73)(H,64,69);17-18,23,28H,4-16H2,1-3H3,(H,25,29)(H,26,30)/t38-,39?,41?,51?,53?,54?,55-,58?,59-,60?,61-,62+;/m1./s1. The van der Waals surface area contributed by atoms with Crippen LogP contribution < -0.4 is 30.9 Å². The molecule has 6 amide bonds. The Morgan fingerprint density at radius 2 is 1.42 bits per heavy atom. The molecule has 33 nitrogen and oxygen atoms in total. The number of nitrogens with zero attached hydrogens (tertiary/aromatic N) is 4. The molecule has 8 aliphatic rings. The molecule has 10 rings (SSSR count). The van der Waals surface area contributed by atoms with Crippen molar-refractivity contribution in [3.63, 3.8) is 0 Å². The third kappa shape index (κ3) is 21.5. The lowest BCUT2D eigenvalue weighted by molar-refractivity contribution is -0.203. The lowest BCUT2D eigenvalue weighted by atomic mass is 9.47. The van der Waals surface area contributed by atoms with Crippen LogP contribution >= 0.6 is 11.8 Å². The van der Waals surface area contributed by atoms with Crippen molar-refractivity contribution in [2.24, 2.45) is 11.3 Å². The number of aliphatic hydroxyl groups is 5. The minimum Gasteiger partial charge on any atom is -0.496 e. The van der Waals surface area contributed by atoms with Gasteiger partial charge in [-0.3, -0.25) is 57.9 Å². The van der Waals surface area contributed by atoms with E-state index in [1.54, 1.807) is 7.11 Å². The van der Waals surface area contributed by atoms with Crippen molar-refractivity contribution in [2.45, 2.75) is 226 Å². The molecule has 16 atom stereocenters. The van der Waals surface area contributed by atoms with Crippen LogP contribution in [0.3, 0.4) is 0 Å². The predicted octanol–water partition coefficient (Wildman–Crippen LogP) is 3.19.